The number of carbonyl (C=O) groups is 1. The average molecular weight is 371 g/mol. The summed E-state index contributed by atoms with van der Waals surface area (Å²) in [7, 11) is 0. The van der Waals surface area contributed by atoms with Gasteiger partial charge in [-0.3, -0.25) is 5.32 Å². The highest BCUT2D eigenvalue weighted by Crippen LogP contribution is 2.20. The molecule has 0 spiro atoms. The fraction of sp³-hybridized carbons (Fsp3) is 0.0526. The number of anilines is 3. The molecule has 0 saturated carbocycles. The quantitative estimate of drug-likeness (QED) is 0.622. The molecule has 3 aromatic rings. The van der Waals surface area contributed by atoms with E-state index in [1.165, 1.54) is 0 Å². The summed E-state index contributed by atoms with van der Waals surface area (Å²) in [6.07, 6.45) is -0.621. The van der Waals surface area contributed by atoms with E-state index < -0.39 is 6.09 Å². The Bertz CT molecular complexity index is 845. The van der Waals surface area contributed by atoms with E-state index in [9.17, 15) is 4.79 Å². The van der Waals surface area contributed by atoms with Gasteiger partial charge in [-0.25, -0.2) is 9.78 Å². The number of para-hydroxylation sites is 1. The van der Waals surface area contributed by atoms with Crippen LogP contribution in [0.25, 0.3) is 0 Å². The number of aromatic nitrogens is 1. The topological polar surface area (TPSA) is 89.3 Å². The molecule has 0 aliphatic heterocycles. The van der Waals surface area contributed by atoms with Gasteiger partial charge in [-0.05, 0) is 29.8 Å². The van der Waals surface area contributed by atoms with Crippen LogP contribution in [0.1, 0.15) is 5.56 Å². The smallest absolute Gasteiger partial charge is 0.410 e. The third-order valence-electron chi connectivity index (χ3n) is 3.43. The molecule has 2 aromatic carbocycles. The number of nitrogens with one attached hydrogen (secondary N) is 2. The molecule has 0 radical (unpaired) electrons. The van der Waals surface area contributed by atoms with Crippen LogP contribution in [0.4, 0.5) is 22.1 Å². The van der Waals surface area contributed by atoms with Crippen LogP contribution in [0.3, 0.4) is 0 Å². The molecule has 0 aliphatic carbocycles. The van der Waals surface area contributed by atoms with Gasteiger partial charge in [-0.1, -0.05) is 48.5 Å². The van der Waals surface area contributed by atoms with Gasteiger partial charge in [0.05, 0.1) is 5.69 Å². The lowest BCUT2D eigenvalue weighted by Crippen LogP contribution is -2.18. The van der Waals surface area contributed by atoms with Gasteiger partial charge < -0.3 is 15.8 Å². The number of hydrogen-bond acceptors (Lipinski definition) is 5. The first kappa shape index (κ1) is 19.1. The molecule has 1 amide bonds. The molecule has 26 heavy (non-hydrogen) atoms. The fourth-order valence-corrected chi connectivity index (χ4v) is 2.20. The molecule has 0 atom stereocenters. The monoisotopic (exact) mass is 370 g/mol. The van der Waals surface area contributed by atoms with Crippen LogP contribution in [0.5, 0.6) is 5.75 Å². The standard InChI is InChI=1S/C19H18N4O2.ClH/c20-18-16(22-19(24)25-15-9-5-2-6-10-15)11-12-17(23-18)21-13-14-7-3-1-4-8-14;/h1-12H,13H2,(H,22,24)(H3,20,21,23);1H. The maximum absolute atomic E-state index is 11.9. The summed E-state index contributed by atoms with van der Waals surface area (Å²) in [5.41, 5.74) is 7.44. The maximum atomic E-state index is 11.9. The van der Waals surface area contributed by atoms with E-state index in [1.54, 1.807) is 36.4 Å². The van der Waals surface area contributed by atoms with E-state index in [0.717, 1.165) is 5.56 Å². The number of pyridine rings is 1. The van der Waals surface area contributed by atoms with Gasteiger partial charge in [0.15, 0.2) is 0 Å². The van der Waals surface area contributed by atoms with Crippen LogP contribution in [-0.4, -0.2) is 11.1 Å². The SMILES string of the molecule is Cl.Nc1nc(NCc2ccccc2)ccc1NC(=O)Oc1ccccc1. The lowest BCUT2D eigenvalue weighted by molar-refractivity contribution is 0.215. The molecule has 134 valence electrons. The van der Waals surface area contributed by atoms with Gasteiger partial charge in [0.2, 0.25) is 0 Å². The van der Waals surface area contributed by atoms with Crippen LogP contribution in [0.15, 0.2) is 72.8 Å². The van der Waals surface area contributed by atoms with Gasteiger partial charge in [0, 0.05) is 6.54 Å². The molecule has 1 aromatic heterocycles. The van der Waals surface area contributed by atoms with Crippen molar-refractivity contribution < 1.29 is 9.53 Å². The minimum atomic E-state index is -0.621. The molecule has 0 saturated heterocycles. The summed E-state index contributed by atoms with van der Waals surface area (Å²) in [4.78, 5) is 16.1. The number of halogens is 1. The Morgan fingerprint density at radius 2 is 1.62 bits per heavy atom. The Morgan fingerprint density at radius 1 is 0.962 bits per heavy atom. The Morgan fingerprint density at radius 3 is 2.27 bits per heavy atom. The van der Waals surface area contributed by atoms with E-state index in [-0.39, 0.29) is 18.2 Å². The molecular formula is C19H19ClN4O2. The number of nitrogen functional groups attached to an aromatic ring is 1. The van der Waals surface area contributed by atoms with Crippen LogP contribution in [0.2, 0.25) is 0 Å². The molecule has 6 nitrogen and oxygen atoms in total. The number of amides is 1. The summed E-state index contributed by atoms with van der Waals surface area (Å²) < 4.78 is 5.16. The minimum Gasteiger partial charge on any atom is -0.410 e. The minimum absolute atomic E-state index is 0. The Kier molecular flexibility index (Phi) is 6.82. The van der Waals surface area contributed by atoms with E-state index in [0.29, 0.717) is 23.8 Å². The normalized spacial score (nSPS) is 9.69. The van der Waals surface area contributed by atoms with Crippen molar-refractivity contribution >= 4 is 35.8 Å². The Labute approximate surface area is 157 Å². The van der Waals surface area contributed by atoms with Crippen molar-refractivity contribution in [2.75, 3.05) is 16.4 Å². The van der Waals surface area contributed by atoms with Crippen LogP contribution >= 0.6 is 12.4 Å². The molecule has 0 unspecified atom stereocenters. The van der Waals surface area contributed by atoms with E-state index >= 15 is 0 Å². The van der Waals surface area contributed by atoms with Gasteiger partial charge in [-0.15, -0.1) is 12.4 Å². The van der Waals surface area contributed by atoms with Crippen LogP contribution in [0, 0.1) is 0 Å². The van der Waals surface area contributed by atoms with Crippen molar-refractivity contribution in [3.63, 3.8) is 0 Å². The molecule has 0 aliphatic rings. The molecule has 0 fully saturated rings. The number of nitrogens with zero attached hydrogens (tertiary/aromatic N) is 1. The van der Waals surface area contributed by atoms with Gasteiger partial charge in [-0.2, -0.15) is 0 Å². The first-order chi connectivity index (χ1) is 12.2. The highest BCUT2D eigenvalue weighted by atomic mass is 35.5. The summed E-state index contributed by atoms with van der Waals surface area (Å²) >= 11 is 0. The zero-order valence-corrected chi connectivity index (χ0v) is 14.7. The zero-order valence-electron chi connectivity index (χ0n) is 13.9. The highest BCUT2D eigenvalue weighted by molar-refractivity contribution is 5.89. The molecule has 4 N–H and O–H groups in total. The van der Waals surface area contributed by atoms with Gasteiger partial charge in [0.1, 0.15) is 17.4 Å². The molecule has 0 bridgehead atoms. The van der Waals surface area contributed by atoms with E-state index in [4.69, 9.17) is 10.5 Å². The van der Waals surface area contributed by atoms with E-state index in [1.807, 2.05) is 36.4 Å². The summed E-state index contributed by atoms with van der Waals surface area (Å²) in [6.45, 7) is 0.635. The number of nitrogens with two attached hydrogens (primary N) is 1. The number of ether oxygens (including phenoxy) is 1. The largest absolute Gasteiger partial charge is 0.417 e. The average Bonchev–Trinajstić information content (AvgIpc) is 2.64. The molecular weight excluding hydrogens is 352 g/mol. The Hall–Kier alpha value is -3.25. The highest BCUT2D eigenvalue weighted by Gasteiger charge is 2.09. The maximum Gasteiger partial charge on any atom is 0.417 e. The van der Waals surface area contributed by atoms with Gasteiger partial charge >= 0.3 is 6.09 Å². The number of benzene rings is 2. The molecule has 7 heteroatoms. The van der Waals surface area contributed by atoms with Crippen LogP contribution < -0.4 is 21.1 Å². The van der Waals surface area contributed by atoms with E-state index in [2.05, 4.69) is 15.6 Å². The van der Waals surface area contributed by atoms with Crippen molar-refractivity contribution in [3.05, 3.63) is 78.4 Å². The molecule has 3 rings (SSSR count). The second-order valence-electron chi connectivity index (χ2n) is 5.30. The van der Waals surface area contributed by atoms with Gasteiger partial charge in [0.25, 0.3) is 0 Å². The lowest BCUT2D eigenvalue weighted by Gasteiger charge is -2.11. The van der Waals surface area contributed by atoms with Crippen molar-refractivity contribution in [2.45, 2.75) is 6.54 Å². The fourth-order valence-electron chi connectivity index (χ4n) is 2.20. The van der Waals surface area contributed by atoms with Crippen molar-refractivity contribution in [3.8, 4) is 5.75 Å². The van der Waals surface area contributed by atoms with Crippen molar-refractivity contribution in [2.24, 2.45) is 0 Å². The van der Waals surface area contributed by atoms with Crippen molar-refractivity contribution in [1.29, 1.82) is 0 Å². The number of carbonyl (C=O) groups excluding carboxylic acids is 1. The Balaban J connectivity index is 0.00000243. The third-order valence-corrected chi connectivity index (χ3v) is 3.43. The van der Waals surface area contributed by atoms with Crippen molar-refractivity contribution in [1.82, 2.24) is 4.98 Å². The molecule has 1 heterocycles. The second kappa shape index (κ2) is 9.29. The summed E-state index contributed by atoms with van der Waals surface area (Å²) in [6, 6.07) is 22.2. The third kappa shape index (κ3) is 5.39. The number of rotatable bonds is 5. The zero-order chi connectivity index (χ0) is 17.5. The summed E-state index contributed by atoms with van der Waals surface area (Å²) in [5, 5.41) is 5.77. The predicted octanol–water partition coefficient (Wildman–Crippen LogP) is 4.31. The van der Waals surface area contributed by atoms with Crippen LogP contribution in [-0.2, 0) is 6.54 Å². The first-order valence-corrected chi connectivity index (χ1v) is 7.79. The summed E-state index contributed by atoms with van der Waals surface area (Å²) in [5.74, 6) is 1.29. The number of hydrogen-bond donors (Lipinski definition) is 3. The predicted molar refractivity (Wildman–Crippen MR) is 106 cm³/mol. The lowest BCUT2D eigenvalue weighted by atomic mass is 10.2. The second-order valence-corrected chi connectivity index (χ2v) is 5.30. The first-order valence-electron chi connectivity index (χ1n) is 7.79.